The van der Waals surface area contributed by atoms with Crippen molar-refractivity contribution in [1.29, 1.82) is 0 Å². The van der Waals surface area contributed by atoms with Crippen LogP contribution in [0.2, 0.25) is 0 Å². The summed E-state index contributed by atoms with van der Waals surface area (Å²) >= 11 is 1.92. The minimum atomic E-state index is -0.173. The molecule has 12 aromatic rings. The van der Waals surface area contributed by atoms with Gasteiger partial charge in [-0.15, -0.1) is 11.3 Å². The highest BCUT2D eigenvalue weighted by atomic mass is 32.1. The molecule has 0 amide bonds. The molecule has 2 aliphatic rings. The maximum absolute atomic E-state index is 2.64. The molecule has 2 aliphatic heterocycles. The highest BCUT2D eigenvalue weighted by Gasteiger charge is 2.46. The van der Waals surface area contributed by atoms with Gasteiger partial charge in [-0.1, -0.05) is 182 Å². The molecule has 71 heavy (non-hydrogen) atoms. The fourth-order valence-electron chi connectivity index (χ4n) is 11.2. The van der Waals surface area contributed by atoms with E-state index in [0.717, 1.165) is 28.4 Å². The fourth-order valence-corrected chi connectivity index (χ4v) is 12.4. The number of benzene rings is 11. The number of rotatable bonds is 8. The van der Waals surface area contributed by atoms with Gasteiger partial charge >= 0.3 is 6.85 Å². The number of para-hydroxylation sites is 2. The topological polar surface area (TPSA) is 9.72 Å². The maximum atomic E-state index is 2.64. The molecule has 3 nitrogen and oxygen atoms in total. The Morgan fingerprint density at radius 1 is 0.352 bits per heavy atom. The van der Waals surface area contributed by atoms with Crippen molar-refractivity contribution in [3.05, 3.63) is 267 Å². The number of anilines is 8. The highest BCUT2D eigenvalue weighted by Crippen LogP contribution is 2.53. The van der Waals surface area contributed by atoms with Crippen LogP contribution in [0.5, 0.6) is 0 Å². The first kappa shape index (κ1) is 41.1. The Morgan fingerprint density at radius 2 is 0.845 bits per heavy atom. The number of nitrogens with zero attached hydrogens (tertiary/aromatic N) is 3. The molecule has 0 saturated heterocycles. The molecule has 332 valence electrons. The molecule has 0 saturated carbocycles. The standard InChI is InChI=1S/C66H44BN3S/c1-6-18-45(19-7-1)48-30-35-53(36-31-48)69-61-40-34-50(47-22-10-3-11-23-47)42-59(61)67-65-62(69)44-57-56-28-16-17-29-63(56)71-66(57)64(65)58-43-55(68(51-24-12-4-13-25-51)52-26-14-5-15-27-52)39-41-60(58)70(67)54-37-32-49(33-38-54)46-20-8-2-9-21-46/h1-44H. The van der Waals surface area contributed by atoms with Crippen LogP contribution in [-0.4, -0.2) is 6.85 Å². The third-order valence-electron chi connectivity index (χ3n) is 14.4. The first-order valence-electron chi connectivity index (χ1n) is 24.4. The summed E-state index contributed by atoms with van der Waals surface area (Å²) in [5.41, 5.74) is 21.3. The van der Waals surface area contributed by atoms with Crippen LogP contribution in [0, 0.1) is 0 Å². The van der Waals surface area contributed by atoms with Crippen molar-refractivity contribution in [2.24, 2.45) is 0 Å². The Kier molecular flexibility index (Phi) is 9.82. The SMILES string of the molecule is c1ccc(-c2ccc(N3B4c5cc(-c6ccccc6)ccc5N(c5ccc(-c6ccccc6)cc5)c5cc6c(sc7ccccc76)c(c54)-c4cc(N(c5ccccc5)c5ccccc5)ccc43)cc2)cc1. The third kappa shape index (κ3) is 6.88. The molecule has 0 atom stereocenters. The lowest BCUT2D eigenvalue weighted by atomic mass is 9.43. The van der Waals surface area contributed by atoms with Gasteiger partial charge in [-0.3, -0.25) is 0 Å². The molecule has 5 heteroatoms. The van der Waals surface area contributed by atoms with Gasteiger partial charge in [0.2, 0.25) is 0 Å². The van der Waals surface area contributed by atoms with Gasteiger partial charge in [0.25, 0.3) is 0 Å². The predicted octanol–water partition coefficient (Wildman–Crippen LogP) is 17.2. The Morgan fingerprint density at radius 3 is 1.45 bits per heavy atom. The summed E-state index contributed by atoms with van der Waals surface area (Å²) in [6.07, 6.45) is 0. The second-order valence-electron chi connectivity index (χ2n) is 18.4. The Balaban J connectivity index is 1.09. The minimum absolute atomic E-state index is 0.173. The van der Waals surface area contributed by atoms with E-state index in [1.54, 1.807) is 0 Å². The second kappa shape index (κ2) is 17.0. The monoisotopic (exact) mass is 921 g/mol. The molecule has 14 rings (SSSR count). The average Bonchev–Trinajstić information content (AvgIpc) is 3.83. The summed E-state index contributed by atoms with van der Waals surface area (Å²) < 4.78 is 2.59. The largest absolute Gasteiger partial charge is 0.376 e. The number of hydrogen-bond donors (Lipinski definition) is 0. The molecular weight excluding hydrogens is 878 g/mol. The maximum Gasteiger partial charge on any atom is 0.333 e. The van der Waals surface area contributed by atoms with Crippen LogP contribution in [0.15, 0.2) is 267 Å². The molecule has 1 aromatic heterocycles. The number of hydrogen-bond acceptors (Lipinski definition) is 4. The van der Waals surface area contributed by atoms with Crippen LogP contribution >= 0.6 is 11.3 Å². The summed E-state index contributed by atoms with van der Waals surface area (Å²) in [5, 5.41) is 2.55. The van der Waals surface area contributed by atoms with E-state index in [0.29, 0.717) is 0 Å². The summed E-state index contributed by atoms with van der Waals surface area (Å²) in [6, 6.07) is 98.0. The van der Waals surface area contributed by atoms with E-state index < -0.39 is 0 Å². The van der Waals surface area contributed by atoms with Gasteiger partial charge in [0.05, 0.1) is 0 Å². The molecule has 0 fully saturated rings. The van der Waals surface area contributed by atoms with E-state index in [4.69, 9.17) is 0 Å². The van der Waals surface area contributed by atoms with Gasteiger partial charge in [0.1, 0.15) is 0 Å². The van der Waals surface area contributed by atoms with E-state index in [1.165, 1.54) is 92.7 Å². The van der Waals surface area contributed by atoms with Gasteiger partial charge in [-0.25, -0.2) is 0 Å². The molecule has 0 spiro atoms. The third-order valence-corrected chi connectivity index (χ3v) is 15.6. The predicted molar refractivity (Wildman–Crippen MR) is 304 cm³/mol. The quantitative estimate of drug-likeness (QED) is 0.141. The van der Waals surface area contributed by atoms with Crippen molar-refractivity contribution in [2.75, 3.05) is 14.6 Å². The van der Waals surface area contributed by atoms with Gasteiger partial charge in [0, 0.05) is 76.8 Å². The van der Waals surface area contributed by atoms with Gasteiger partial charge < -0.3 is 14.6 Å². The summed E-state index contributed by atoms with van der Waals surface area (Å²) in [5.74, 6) is 0. The summed E-state index contributed by atoms with van der Waals surface area (Å²) in [7, 11) is 0. The molecule has 0 N–H and O–H groups in total. The zero-order valence-electron chi connectivity index (χ0n) is 38.7. The second-order valence-corrected chi connectivity index (χ2v) is 19.5. The Hall–Kier alpha value is -8.90. The van der Waals surface area contributed by atoms with Crippen molar-refractivity contribution in [3.8, 4) is 44.5 Å². The Labute approximate surface area is 418 Å². The van der Waals surface area contributed by atoms with Crippen LogP contribution in [-0.2, 0) is 0 Å². The van der Waals surface area contributed by atoms with E-state index in [-0.39, 0.29) is 6.85 Å². The molecule has 0 radical (unpaired) electrons. The van der Waals surface area contributed by atoms with Crippen LogP contribution in [0.1, 0.15) is 0 Å². The van der Waals surface area contributed by atoms with Crippen LogP contribution in [0.3, 0.4) is 0 Å². The molecular formula is C66H44BN3S. The molecule has 3 heterocycles. The average molecular weight is 922 g/mol. The molecule has 0 aliphatic carbocycles. The van der Waals surface area contributed by atoms with Crippen molar-refractivity contribution in [2.45, 2.75) is 0 Å². The minimum Gasteiger partial charge on any atom is -0.376 e. The van der Waals surface area contributed by atoms with Gasteiger partial charge in [0.15, 0.2) is 0 Å². The lowest BCUT2D eigenvalue weighted by molar-refractivity contribution is 1.26. The lowest BCUT2D eigenvalue weighted by Gasteiger charge is -2.46. The zero-order chi connectivity index (χ0) is 46.8. The van der Waals surface area contributed by atoms with E-state index in [1.807, 2.05) is 11.3 Å². The van der Waals surface area contributed by atoms with Crippen LogP contribution in [0.25, 0.3) is 64.7 Å². The van der Waals surface area contributed by atoms with Crippen molar-refractivity contribution in [1.82, 2.24) is 0 Å². The normalized spacial score (nSPS) is 12.4. The van der Waals surface area contributed by atoms with Crippen LogP contribution in [0.4, 0.5) is 45.5 Å². The number of thiophene rings is 1. The lowest BCUT2D eigenvalue weighted by Crippen LogP contribution is -2.61. The van der Waals surface area contributed by atoms with E-state index >= 15 is 0 Å². The highest BCUT2D eigenvalue weighted by molar-refractivity contribution is 7.26. The zero-order valence-corrected chi connectivity index (χ0v) is 39.5. The van der Waals surface area contributed by atoms with Crippen molar-refractivity contribution < 1.29 is 0 Å². The fraction of sp³-hybridized carbons (Fsp3) is 0. The molecule has 0 unspecified atom stereocenters. The summed E-state index contributed by atoms with van der Waals surface area (Å²) in [4.78, 5) is 7.58. The van der Waals surface area contributed by atoms with E-state index in [2.05, 4.69) is 282 Å². The molecule has 0 bridgehead atoms. The smallest absolute Gasteiger partial charge is 0.333 e. The van der Waals surface area contributed by atoms with Gasteiger partial charge in [-0.05, 0) is 129 Å². The number of fused-ring (bicyclic) bond motifs is 8. The van der Waals surface area contributed by atoms with Crippen molar-refractivity contribution >= 4 is 94.8 Å². The van der Waals surface area contributed by atoms with Gasteiger partial charge in [-0.2, -0.15) is 0 Å². The Bertz CT molecular complexity index is 3880. The molecule has 11 aromatic carbocycles. The summed E-state index contributed by atoms with van der Waals surface area (Å²) in [6.45, 7) is -0.173. The van der Waals surface area contributed by atoms with E-state index in [9.17, 15) is 0 Å². The van der Waals surface area contributed by atoms with Crippen molar-refractivity contribution in [3.63, 3.8) is 0 Å². The first-order chi connectivity index (χ1) is 35.2. The van der Waals surface area contributed by atoms with Crippen LogP contribution < -0.4 is 25.5 Å². The first-order valence-corrected chi connectivity index (χ1v) is 25.2.